The van der Waals surface area contributed by atoms with E-state index in [0.717, 1.165) is 7.11 Å². The summed E-state index contributed by atoms with van der Waals surface area (Å²) in [4.78, 5) is 32.4. The lowest BCUT2D eigenvalue weighted by Crippen LogP contribution is -2.46. The van der Waals surface area contributed by atoms with Gasteiger partial charge in [0.25, 0.3) is 6.04 Å². The van der Waals surface area contributed by atoms with Crippen LogP contribution in [0.4, 0.5) is 0 Å². The maximum Gasteiger partial charge on any atom is 0.323 e. The first kappa shape index (κ1) is 13.0. The van der Waals surface area contributed by atoms with Gasteiger partial charge in [-0.15, -0.1) is 0 Å². The standard InChI is InChI=1S/C10H10N2O7/c1-18-10(13)8-6(11(14)15)4-7-5(2-3-19-7)9(8)12(16)17/h2-3,6,8-9H,4H2,1H3. The zero-order valence-corrected chi connectivity index (χ0v) is 9.85. The van der Waals surface area contributed by atoms with Crippen molar-refractivity contribution in [1.82, 2.24) is 0 Å². The summed E-state index contributed by atoms with van der Waals surface area (Å²) in [6.45, 7) is 0. The molecule has 1 aromatic heterocycles. The quantitative estimate of drug-likeness (QED) is 0.446. The Morgan fingerprint density at radius 2 is 2.11 bits per heavy atom. The summed E-state index contributed by atoms with van der Waals surface area (Å²) in [7, 11) is 1.04. The smallest absolute Gasteiger partial charge is 0.323 e. The van der Waals surface area contributed by atoms with Crippen molar-refractivity contribution >= 4 is 5.97 Å². The van der Waals surface area contributed by atoms with Crippen molar-refractivity contribution in [2.45, 2.75) is 18.5 Å². The van der Waals surface area contributed by atoms with E-state index in [9.17, 15) is 25.0 Å². The summed E-state index contributed by atoms with van der Waals surface area (Å²) in [6.07, 6.45) is 1.05. The minimum Gasteiger partial charge on any atom is -0.469 e. The SMILES string of the molecule is COC(=O)C1C([N+](=O)[O-])Cc2occc2C1[N+](=O)[O-]. The molecule has 0 radical (unpaired) electrons. The second kappa shape index (κ2) is 4.67. The summed E-state index contributed by atoms with van der Waals surface area (Å²) in [6, 6.07) is -1.60. The third-order valence-corrected chi connectivity index (χ3v) is 3.22. The van der Waals surface area contributed by atoms with Crippen LogP contribution in [0.5, 0.6) is 0 Å². The van der Waals surface area contributed by atoms with Crippen molar-refractivity contribution in [2.24, 2.45) is 5.92 Å². The van der Waals surface area contributed by atoms with E-state index in [4.69, 9.17) is 4.42 Å². The van der Waals surface area contributed by atoms with E-state index < -0.39 is 33.8 Å². The van der Waals surface area contributed by atoms with Crippen molar-refractivity contribution in [3.63, 3.8) is 0 Å². The Labute approximate surface area is 106 Å². The van der Waals surface area contributed by atoms with Gasteiger partial charge in [0.1, 0.15) is 5.76 Å². The van der Waals surface area contributed by atoms with Gasteiger partial charge in [-0.1, -0.05) is 0 Å². The molecule has 0 bridgehead atoms. The molecular formula is C10H10N2O7. The molecule has 0 N–H and O–H groups in total. The van der Waals surface area contributed by atoms with E-state index in [2.05, 4.69) is 4.74 Å². The zero-order chi connectivity index (χ0) is 14.2. The molecule has 0 fully saturated rings. The number of esters is 1. The Morgan fingerprint density at radius 1 is 1.42 bits per heavy atom. The van der Waals surface area contributed by atoms with Gasteiger partial charge < -0.3 is 9.15 Å². The van der Waals surface area contributed by atoms with E-state index in [1.807, 2.05) is 0 Å². The molecule has 3 unspecified atom stereocenters. The van der Waals surface area contributed by atoms with Crippen molar-refractivity contribution < 1.29 is 23.8 Å². The van der Waals surface area contributed by atoms with Crippen LogP contribution in [0.15, 0.2) is 16.7 Å². The van der Waals surface area contributed by atoms with Gasteiger partial charge in [0, 0.05) is 9.85 Å². The predicted octanol–water partition coefficient (Wildman–Crippen LogP) is 0.588. The molecule has 0 spiro atoms. The second-order valence-electron chi connectivity index (χ2n) is 4.14. The number of nitro groups is 2. The van der Waals surface area contributed by atoms with Crippen LogP contribution >= 0.6 is 0 Å². The number of fused-ring (bicyclic) bond motifs is 1. The second-order valence-corrected chi connectivity index (χ2v) is 4.14. The highest BCUT2D eigenvalue weighted by atomic mass is 16.6. The maximum atomic E-state index is 11.7. The first-order valence-corrected chi connectivity index (χ1v) is 5.38. The van der Waals surface area contributed by atoms with E-state index in [-0.39, 0.29) is 17.7 Å². The Hall–Kier alpha value is -2.45. The third-order valence-electron chi connectivity index (χ3n) is 3.22. The molecule has 0 aliphatic heterocycles. The van der Waals surface area contributed by atoms with E-state index in [1.165, 1.54) is 12.3 Å². The molecule has 19 heavy (non-hydrogen) atoms. The van der Waals surface area contributed by atoms with Crippen molar-refractivity contribution in [3.05, 3.63) is 43.9 Å². The highest BCUT2D eigenvalue weighted by Crippen LogP contribution is 2.39. The van der Waals surface area contributed by atoms with Gasteiger partial charge in [-0.3, -0.25) is 25.0 Å². The summed E-state index contributed by atoms with van der Waals surface area (Å²) in [5.74, 6) is -2.25. The number of furan rings is 1. The Morgan fingerprint density at radius 3 is 2.63 bits per heavy atom. The lowest BCUT2D eigenvalue weighted by atomic mass is 9.80. The van der Waals surface area contributed by atoms with Gasteiger partial charge in [0.05, 0.1) is 25.4 Å². The Kier molecular flexibility index (Phi) is 3.19. The molecule has 0 amide bonds. The summed E-state index contributed by atoms with van der Waals surface area (Å²) >= 11 is 0. The normalized spacial score (nSPS) is 25.4. The molecule has 1 aliphatic carbocycles. The average Bonchev–Trinajstić information content (AvgIpc) is 2.82. The summed E-state index contributed by atoms with van der Waals surface area (Å²) in [5, 5.41) is 22.2. The van der Waals surface area contributed by atoms with Crippen LogP contribution in [0.2, 0.25) is 0 Å². The van der Waals surface area contributed by atoms with Crippen LogP contribution in [0.3, 0.4) is 0 Å². The molecule has 102 valence electrons. The molecule has 3 atom stereocenters. The van der Waals surface area contributed by atoms with Crippen LogP contribution in [-0.2, 0) is 16.0 Å². The molecule has 2 rings (SSSR count). The number of carbonyl (C=O) groups is 1. The first-order chi connectivity index (χ1) is 8.97. The average molecular weight is 270 g/mol. The molecule has 0 saturated heterocycles. The zero-order valence-electron chi connectivity index (χ0n) is 9.85. The minimum atomic E-state index is -1.52. The maximum absolute atomic E-state index is 11.7. The molecule has 9 nitrogen and oxygen atoms in total. The van der Waals surface area contributed by atoms with Gasteiger partial charge >= 0.3 is 5.97 Å². The predicted molar refractivity (Wildman–Crippen MR) is 58.4 cm³/mol. The fourth-order valence-corrected chi connectivity index (χ4v) is 2.37. The Bertz CT molecular complexity index is 538. The van der Waals surface area contributed by atoms with Crippen molar-refractivity contribution in [2.75, 3.05) is 7.11 Å². The highest BCUT2D eigenvalue weighted by molar-refractivity contribution is 5.74. The summed E-state index contributed by atoms with van der Waals surface area (Å²) < 4.78 is 9.48. The third kappa shape index (κ3) is 2.02. The molecule has 1 heterocycles. The lowest BCUT2D eigenvalue weighted by Gasteiger charge is -2.25. The number of rotatable bonds is 3. The minimum absolute atomic E-state index is 0.167. The van der Waals surface area contributed by atoms with Gasteiger partial charge in [0.15, 0.2) is 5.92 Å². The van der Waals surface area contributed by atoms with Crippen LogP contribution in [-0.4, -0.2) is 29.0 Å². The van der Waals surface area contributed by atoms with Crippen LogP contribution in [0, 0.1) is 26.1 Å². The van der Waals surface area contributed by atoms with Gasteiger partial charge in [0.2, 0.25) is 6.04 Å². The van der Waals surface area contributed by atoms with Gasteiger partial charge in [-0.25, -0.2) is 0 Å². The van der Waals surface area contributed by atoms with Crippen molar-refractivity contribution in [1.29, 1.82) is 0 Å². The first-order valence-electron chi connectivity index (χ1n) is 5.38. The van der Waals surface area contributed by atoms with Crippen LogP contribution in [0.25, 0.3) is 0 Å². The summed E-state index contributed by atoms with van der Waals surface area (Å²) in [5.41, 5.74) is 0.193. The number of hydrogen-bond donors (Lipinski definition) is 0. The number of methoxy groups -OCH3 is 1. The molecule has 0 saturated carbocycles. The van der Waals surface area contributed by atoms with Crippen molar-refractivity contribution in [3.8, 4) is 0 Å². The molecule has 1 aliphatic rings. The molecule has 1 aromatic rings. The van der Waals surface area contributed by atoms with Crippen LogP contribution < -0.4 is 0 Å². The van der Waals surface area contributed by atoms with E-state index in [0.29, 0.717) is 0 Å². The molecule has 9 heteroatoms. The number of hydrogen-bond acceptors (Lipinski definition) is 7. The fourth-order valence-electron chi connectivity index (χ4n) is 2.37. The molecule has 0 aromatic carbocycles. The Balaban J connectivity index is 2.54. The molecular weight excluding hydrogens is 260 g/mol. The monoisotopic (exact) mass is 270 g/mol. The number of carbonyl (C=O) groups excluding carboxylic acids is 1. The van der Waals surface area contributed by atoms with E-state index in [1.54, 1.807) is 0 Å². The van der Waals surface area contributed by atoms with Gasteiger partial charge in [-0.05, 0) is 6.07 Å². The number of ether oxygens (including phenoxy) is 1. The largest absolute Gasteiger partial charge is 0.469 e. The topological polar surface area (TPSA) is 126 Å². The highest BCUT2D eigenvalue weighted by Gasteiger charge is 2.56. The lowest BCUT2D eigenvalue weighted by molar-refractivity contribution is -0.579. The number of nitrogens with zero attached hydrogens (tertiary/aromatic N) is 2. The van der Waals surface area contributed by atoms with Gasteiger partial charge in [-0.2, -0.15) is 0 Å². The van der Waals surface area contributed by atoms with E-state index >= 15 is 0 Å². The fraction of sp³-hybridized carbons (Fsp3) is 0.500. The van der Waals surface area contributed by atoms with Crippen LogP contribution in [0.1, 0.15) is 17.4 Å².